The first-order valence-corrected chi connectivity index (χ1v) is 7.09. The van der Waals surface area contributed by atoms with Gasteiger partial charge >= 0.3 is 0 Å². The fourth-order valence-electron chi connectivity index (χ4n) is 2.15. The number of nitrogens with zero attached hydrogens (tertiary/aromatic N) is 5. The Labute approximate surface area is 119 Å². The summed E-state index contributed by atoms with van der Waals surface area (Å²) < 4.78 is 1.96. The Morgan fingerprint density at radius 1 is 1.20 bits per heavy atom. The maximum Gasteiger partial charge on any atom is 0.138 e. The molecule has 108 valence electrons. The van der Waals surface area contributed by atoms with Crippen LogP contribution in [0.3, 0.4) is 0 Å². The quantitative estimate of drug-likeness (QED) is 0.835. The molecule has 0 amide bonds. The van der Waals surface area contributed by atoms with Crippen LogP contribution in [0.1, 0.15) is 50.7 Å². The van der Waals surface area contributed by atoms with E-state index in [1.807, 2.05) is 17.1 Å². The molecule has 0 radical (unpaired) electrons. The Kier molecular flexibility index (Phi) is 5.17. The lowest BCUT2D eigenvalue weighted by molar-refractivity contribution is 0.462. The normalized spacial score (nSPS) is 12.8. The second-order valence-corrected chi connectivity index (χ2v) is 5.10. The van der Waals surface area contributed by atoms with Crippen molar-refractivity contribution in [1.29, 1.82) is 0 Å². The van der Waals surface area contributed by atoms with Crippen LogP contribution in [-0.4, -0.2) is 31.3 Å². The van der Waals surface area contributed by atoms with Gasteiger partial charge in [-0.15, -0.1) is 0 Å². The van der Waals surface area contributed by atoms with E-state index in [0.717, 1.165) is 30.8 Å². The van der Waals surface area contributed by atoms with Gasteiger partial charge in [-0.3, -0.25) is 0 Å². The summed E-state index contributed by atoms with van der Waals surface area (Å²) in [7, 11) is 0. The summed E-state index contributed by atoms with van der Waals surface area (Å²) in [5.74, 6) is 0.984. The van der Waals surface area contributed by atoms with Gasteiger partial charge in [0.2, 0.25) is 0 Å². The molecule has 0 spiro atoms. The van der Waals surface area contributed by atoms with Crippen LogP contribution in [0.2, 0.25) is 0 Å². The molecule has 0 fully saturated rings. The van der Waals surface area contributed by atoms with E-state index < -0.39 is 0 Å². The molecule has 0 bridgehead atoms. The fraction of sp³-hybridized carbons (Fsp3) is 0.571. The van der Waals surface area contributed by atoms with E-state index in [1.54, 1.807) is 12.7 Å². The first-order chi connectivity index (χ1) is 9.72. The zero-order valence-corrected chi connectivity index (χ0v) is 12.3. The van der Waals surface area contributed by atoms with Crippen LogP contribution in [0.5, 0.6) is 0 Å². The monoisotopic (exact) mass is 274 g/mol. The standard InChI is InChI=1S/C14H22N6/c1-4-5-17-13(12-7-15-9-16-8-12)6-14-18-10-19-20(14)11(2)3/h7-11,13,17H,4-6H2,1-3H3. The Balaban J connectivity index is 2.17. The van der Waals surface area contributed by atoms with Gasteiger partial charge in [0, 0.05) is 36.5 Å². The smallest absolute Gasteiger partial charge is 0.138 e. The molecule has 2 aromatic heterocycles. The van der Waals surface area contributed by atoms with E-state index in [1.165, 1.54) is 0 Å². The molecule has 2 heterocycles. The van der Waals surface area contributed by atoms with Gasteiger partial charge in [0.1, 0.15) is 18.5 Å². The molecule has 0 saturated heterocycles. The highest BCUT2D eigenvalue weighted by Gasteiger charge is 2.16. The zero-order chi connectivity index (χ0) is 14.4. The van der Waals surface area contributed by atoms with Gasteiger partial charge in [-0.2, -0.15) is 5.10 Å². The Morgan fingerprint density at radius 3 is 2.60 bits per heavy atom. The van der Waals surface area contributed by atoms with Gasteiger partial charge in [-0.1, -0.05) is 6.92 Å². The molecule has 2 rings (SSSR count). The first kappa shape index (κ1) is 14.6. The molecule has 0 aliphatic carbocycles. The van der Waals surface area contributed by atoms with Crippen LogP contribution < -0.4 is 5.32 Å². The van der Waals surface area contributed by atoms with E-state index in [0.29, 0.717) is 6.04 Å². The zero-order valence-electron chi connectivity index (χ0n) is 12.3. The third-order valence-corrected chi connectivity index (χ3v) is 3.15. The molecule has 6 heteroatoms. The molecule has 2 aromatic rings. The number of nitrogens with one attached hydrogen (secondary N) is 1. The summed E-state index contributed by atoms with van der Waals surface area (Å²) >= 11 is 0. The Bertz CT molecular complexity index is 507. The second-order valence-electron chi connectivity index (χ2n) is 5.10. The Morgan fingerprint density at radius 2 is 1.95 bits per heavy atom. The number of hydrogen-bond acceptors (Lipinski definition) is 5. The summed E-state index contributed by atoms with van der Waals surface area (Å²) in [6.07, 6.45) is 8.75. The van der Waals surface area contributed by atoms with Gasteiger partial charge in [0.15, 0.2) is 0 Å². The van der Waals surface area contributed by atoms with Gasteiger partial charge in [-0.05, 0) is 26.8 Å². The minimum Gasteiger partial charge on any atom is -0.309 e. The van der Waals surface area contributed by atoms with Crippen LogP contribution in [-0.2, 0) is 6.42 Å². The van der Waals surface area contributed by atoms with Crippen molar-refractivity contribution < 1.29 is 0 Å². The summed E-state index contributed by atoms with van der Waals surface area (Å²) in [5.41, 5.74) is 1.08. The summed E-state index contributed by atoms with van der Waals surface area (Å²) in [5, 5.41) is 7.82. The SMILES string of the molecule is CCCNC(Cc1ncnn1C(C)C)c1cncnc1. The fourth-order valence-corrected chi connectivity index (χ4v) is 2.15. The van der Waals surface area contributed by atoms with Crippen molar-refractivity contribution in [3.63, 3.8) is 0 Å². The molecule has 0 saturated carbocycles. The molecule has 0 aliphatic rings. The highest BCUT2D eigenvalue weighted by atomic mass is 15.3. The predicted molar refractivity (Wildman–Crippen MR) is 77.2 cm³/mol. The predicted octanol–water partition coefficient (Wildman–Crippen LogP) is 1.93. The molecule has 1 unspecified atom stereocenters. The van der Waals surface area contributed by atoms with Crippen molar-refractivity contribution in [1.82, 2.24) is 30.0 Å². The third-order valence-electron chi connectivity index (χ3n) is 3.15. The van der Waals surface area contributed by atoms with Crippen molar-refractivity contribution in [3.8, 4) is 0 Å². The molecule has 1 N–H and O–H groups in total. The van der Waals surface area contributed by atoms with Gasteiger partial charge in [0.25, 0.3) is 0 Å². The average molecular weight is 274 g/mol. The topological polar surface area (TPSA) is 68.5 Å². The first-order valence-electron chi connectivity index (χ1n) is 7.09. The lowest BCUT2D eigenvalue weighted by atomic mass is 10.1. The minimum absolute atomic E-state index is 0.165. The molecular weight excluding hydrogens is 252 g/mol. The second kappa shape index (κ2) is 7.09. The van der Waals surface area contributed by atoms with Crippen LogP contribution >= 0.6 is 0 Å². The van der Waals surface area contributed by atoms with E-state index >= 15 is 0 Å². The molecule has 20 heavy (non-hydrogen) atoms. The molecule has 0 aliphatic heterocycles. The highest BCUT2D eigenvalue weighted by molar-refractivity contribution is 5.11. The van der Waals surface area contributed by atoms with E-state index in [-0.39, 0.29) is 6.04 Å². The van der Waals surface area contributed by atoms with Crippen LogP contribution in [0.25, 0.3) is 0 Å². The highest BCUT2D eigenvalue weighted by Crippen LogP contribution is 2.17. The summed E-state index contributed by atoms with van der Waals surface area (Å²) in [6, 6.07) is 0.476. The average Bonchev–Trinajstić information content (AvgIpc) is 2.92. The van der Waals surface area contributed by atoms with E-state index in [9.17, 15) is 0 Å². The molecule has 1 atom stereocenters. The van der Waals surface area contributed by atoms with Gasteiger partial charge in [-0.25, -0.2) is 19.6 Å². The van der Waals surface area contributed by atoms with Crippen molar-refractivity contribution in [2.75, 3.05) is 6.54 Å². The lowest BCUT2D eigenvalue weighted by Gasteiger charge is -2.19. The van der Waals surface area contributed by atoms with Crippen molar-refractivity contribution >= 4 is 0 Å². The van der Waals surface area contributed by atoms with Gasteiger partial charge < -0.3 is 5.32 Å². The minimum atomic E-state index is 0.165. The van der Waals surface area contributed by atoms with Crippen molar-refractivity contribution in [2.24, 2.45) is 0 Å². The molecule has 6 nitrogen and oxygen atoms in total. The van der Waals surface area contributed by atoms with E-state index in [4.69, 9.17) is 0 Å². The number of hydrogen-bond donors (Lipinski definition) is 1. The van der Waals surface area contributed by atoms with Crippen LogP contribution in [0, 0.1) is 0 Å². The van der Waals surface area contributed by atoms with Crippen LogP contribution in [0.15, 0.2) is 25.0 Å². The van der Waals surface area contributed by atoms with Crippen molar-refractivity contribution in [2.45, 2.75) is 45.7 Å². The van der Waals surface area contributed by atoms with Crippen molar-refractivity contribution in [3.05, 3.63) is 36.4 Å². The number of rotatable bonds is 7. The maximum atomic E-state index is 4.38. The molecular formula is C14H22N6. The Hall–Kier alpha value is -1.82. The number of aromatic nitrogens is 5. The van der Waals surface area contributed by atoms with E-state index in [2.05, 4.69) is 46.1 Å². The largest absolute Gasteiger partial charge is 0.309 e. The maximum absolute atomic E-state index is 4.38. The summed E-state index contributed by atoms with van der Waals surface area (Å²) in [6.45, 7) is 7.33. The van der Waals surface area contributed by atoms with Gasteiger partial charge in [0.05, 0.1) is 0 Å². The molecule has 0 aromatic carbocycles. The third kappa shape index (κ3) is 3.60. The lowest BCUT2D eigenvalue weighted by Crippen LogP contribution is -2.26. The summed E-state index contributed by atoms with van der Waals surface area (Å²) in [4.78, 5) is 12.6. The van der Waals surface area contributed by atoms with Crippen LogP contribution in [0.4, 0.5) is 0 Å².